The molecule has 7 heteroatoms. The molecule has 154 valence electrons. The number of aryl methyl sites for hydroxylation is 2. The van der Waals surface area contributed by atoms with Crippen LogP contribution in [0.15, 0.2) is 24.3 Å². The minimum absolute atomic E-state index is 0.0281. The molecule has 6 nitrogen and oxygen atoms in total. The maximum atomic E-state index is 6.57. The van der Waals surface area contributed by atoms with Gasteiger partial charge in [-0.05, 0) is 38.8 Å². The molecular weight excluding hydrogens is 388 g/mol. The Labute approximate surface area is 176 Å². The third-order valence-electron chi connectivity index (χ3n) is 5.48. The van der Waals surface area contributed by atoms with Crippen LogP contribution in [-0.2, 0) is 11.3 Å². The van der Waals surface area contributed by atoms with Crippen molar-refractivity contribution >= 4 is 34.3 Å². The monoisotopic (exact) mass is 414 g/mol. The first-order chi connectivity index (χ1) is 14.1. The summed E-state index contributed by atoms with van der Waals surface area (Å²) in [6.45, 7) is 8.64. The Morgan fingerprint density at radius 2 is 1.97 bits per heavy atom. The molecule has 1 aliphatic rings. The fraction of sp³-hybridized carbons (Fsp3) is 0.455. The molecule has 0 saturated carbocycles. The van der Waals surface area contributed by atoms with E-state index in [0.717, 1.165) is 59.9 Å². The molecule has 3 heterocycles. The van der Waals surface area contributed by atoms with Crippen LogP contribution < -0.4 is 9.64 Å². The van der Waals surface area contributed by atoms with Crippen LogP contribution in [0, 0.1) is 6.92 Å². The number of aromatic nitrogens is 3. The lowest BCUT2D eigenvalue weighted by molar-refractivity contribution is 0.0606. The summed E-state index contributed by atoms with van der Waals surface area (Å²) in [5.74, 6) is 1.52. The highest BCUT2D eigenvalue weighted by molar-refractivity contribution is 6.35. The van der Waals surface area contributed by atoms with Crippen molar-refractivity contribution in [3.05, 3.63) is 40.5 Å². The van der Waals surface area contributed by atoms with Gasteiger partial charge in [0, 0.05) is 31.3 Å². The number of halogens is 1. The van der Waals surface area contributed by atoms with Crippen LogP contribution >= 0.6 is 11.6 Å². The van der Waals surface area contributed by atoms with Gasteiger partial charge in [0.25, 0.3) is 0 Å². The minimum Gasteiger partial charge on any atom is -0.481 e. The second-order valence-corrected chi connectivity index (χ2v) is 7.62. The van der Waals surface area contributed by atoms with Crippen LogP contribution in [0.1, 0.15) is 44.1 Å². The van der Waals surface area contributed by atoms with E-state index in [0.29, 0.717) is 17.5 Å². The summed E-state index contributed by atoms with van der Waals surface area (Å²) < 4.78 is 13.6. The quantitative estimate of drug-likeness (QED) is 0.538. The number of fused-ring (bicyclic) bond motifs is 3. The maximum Gasteiger partial charge on any atom is 0.213 e. The molecule has 29 heavy (non-hydrogen) atoms. The second kappa shape index (κ2) is 8.20. The molecule has 1 unspecified atom stereocenters. The van der Waals surface area contributed by atoms with Crippen molar-refractivity contribution in [2.24, 2.45) is 0 Å². The molecule has 0 aliphatic carbocycles. The Hall–Kier alpha value is -2.31. The van der Waals surface area contributed by atoms with E-state index >= 15 is 0 Å². The van der Waals surface area contributed by atoms with E-state index in [1.807, 2.05) is 32.0 Å². The Morgan fingerprint density at radius 3 is 2.66 bits per heavy atom. The lowest BCUT2D eigenvalue weighted by Gasteiger charge is -2.30. The minimum atomic E-state index is 0.0281. The molecule has 0 bridgehead atoms. The van der Waals surface area contributed by atoms with Gasteiger partial charge < -0.3 is 18.9 Å². The van der Waals surface area contributed by atoms with E-state index in [4.69, 9.17) is 26.1 Å². The normalized spacial score (nSPS) is 14.9. The van der Waals surface area contributed by atoms with E-state index in [-0.39, 0.29) is 6.10 Å². The second-order valence-electron chi connectivity index (χ2n) is 7.21. The Bertz CT molecular complexity index is 1030. The van der Waals surface area contributed by atoms with Crippen LogP contribution in [0.4, 0.5) is 11.6 Å². The molecule has 1 aromatic carbocycles. The molecule has 2 aromatic heterocycles. The average Bonchev–Trinajstić information content (AvgIpc) is 3.13. The van der Waals surface area contributed by atoms with Crippen molar-refractivity contribution in [3.8, 4) is 5.88 Å². The molecule has 0 N–H and O–H groups in total. The molecule has 3 aromatic rings. The predicted octanol–water partition coefficient (Wildman–Crippen LogP) is 5.43. The first-order valence-electron chi connectivity index (χ1n) is 10.2. The van der Waals surface area contributed by atoms with Gasteiger partial charge in [0.2, 0.25) is 11.8 Å². The maximum absolute atomic E-state index is 6.57. The van der Waals surface area contributed by atoms with Gasteiger partial charge in [-0.15, -0.1) is 0 Å². The molecular formula is C22H27ClN4O2. The summed E-state index contributed by atoms with van der Waals surface area (Å²) >= 11 is 6.57. The number of imidazole rings is 1. The summed E-state index contributed by atoms with van der Waals surface area (Å²) in [7, 11) is 1.63. The Kier molecular flexibility index (Phi) is 5.65. The highest BCUT2D eigenvalue weighted by atomic mass is 35.5. The number of benzene rings is 1. The van der Waals surface area contributed by atoms with Crippen molar-refractivity contribution in [1.29, 1.82) is 0 Å². The SMILES string of the molecule is CCOC(CC)c1ccc(Cl)c2nc3n(c12)CCCN3c1ccc(OC)nc1C. The summed E-state index contributed by atoms with van der Waals surface area (Å²) in [6.07, 6.45) is 1.94. The standard InChI is InChI=1S/C22H27ClN4O2/c1-5-18(29-6-2)15-8-9-16(23)20-21(15)27-13-7-12-26(22(27)25-20)17-10-11-19(28-4)24-14(17)3/h8-11,18H,5-7,12-13H2,1-4H3. The molecule has 0 saturated heterocycles. The average molecular weight is 415 g/mol. The van der Waals surface area contributed by atoms with Crippen molar-refractivity contribution < 1.29 is 9.47 Å². The van der Waals surface area contributed by atoms with Crippen molar-refractivity contribution in [1.82, 2.24) is 14.5 Å². The highest BCUT2D eigenvalue weighted by Crippen LogP contribution is 2.39. The van der Waals surface area contributed by atoms with Crippen LogP contribution in [-0.4, -0.2) is 34.8 Å². The van der Waals surface area contributed by atoms with E-state index in [2.05, 4.69) is 27.4 Å². The third kappa shape index (κ3) is 3.45. The van der Waals surface area contributed by atoms with Gasteiger partial charge in [0.15, 0.2) is 0 Å². The van der Waals surface area contributed by atoms with Crippen LogP contribution in [0.3, 0.4) is 0 Å². The molecule has 0 spiro atoms. The molecule has 1 aliphatic heterocycles. The first kappa shape index (κ1) is 20.0. The zero-order valence-corrected chi connectivity index (χ0v) is 18.2. The van der Waals surface area contributed by atoms with E-state index < -0.39 is 0 Å². The topological polar surface area (TPSA) is 52.4 Å². The third-order valence-corrected chi connectivity index (χ3v) is 5.78. The number of pyridine rings is 1. The van der Waals surface area contributed by atoms with Crippen molar-refractivity contribution in [2.45, 2.75) is 46.3 Å². The van der Waals surface area contributed by atoms with Gasteiger partial charge in [0.05, 0.1) is 35.1 Å². The molecule has 0 amide bonds. The van der Waals surface area contributed by atoms with Gasteiger partial charge in [-0.1, -0.05) is 24.6 Å². The van der Waals surface area contributed by atoms with Crippen LogP contribution in [0.25, 0.3) is 11.0 Å². The van der Waals surface area contributed by atoms with Gasteiger partial charge in [-0.25, -0.2) is 9.97 Å². The number of methoxy groups -OCH3 is 1. The number of ether oxygens (including phenoxy) is 2. The van der Waals surface area contributed by atoms with Gasteiger partial charge in [-0.3, -0.25) is 0 Å². The molecule has 0 radical (unpaired) electrons. The number of anilines is 2. The van der Waals surface area contributed by atoms with Crippen molar-refractivity contribution in [3.63, 3.8) is 0 Å². The molecule has 1 atom stereocenters. The summed E-state index contributed by atoms with van der Waals surface area (Å²) in [5.41, 5.74) is 5.02. The van der Waals surface area contributed by atoms with Crippen molar-refractivity contribution in [2.75, 3.05) is 25.2 Å². The highest BCUT2D eigenvalue weighted by Gasteiger charge is 2.28. The van der Waals surface area contributed by atoms with Crippen LogP contribution in [0.2, 0.25) is 5.02 Å². The Morgan fingerprint density at radius 1 is 1.14 bits per heavy atom. The van der Waals surface area contributed by atoms with Gasteiger partial charge in [-0.2, -0.15) is 0 Å². The van der Waals surface area contributed by atoms with E-state index in [1.54, 1.807) is 7.11 Å². The lowest BCUT2D eigenvalue weighted by Crippen LogP contribution is -2.29. The molecule has 4 rings (SSSR count). The van der Waals surface area contributed by atoms with Gasteiger partial charge in [0.1, 0.15) is 5.52 Å². The zero-order valence-electron chi connectivity index (χ0n) is 17.4. The number of rotatable bonds is 6. The van der Waals surface area contributed by atoms with E-state index in [1.165, 1.54) is 0 Å². The lowest BCUT2D eigenvalue weighted by atomic mass is 10.0. The number of hydrogen-bond acceptors (Lipinski definition) is 5. The Balaban J connectivity index is 1.89. The summed E-state index contributed by atoms with van der Waals surface area (Å²) in [5, 5.41) is 0.668. The number of hydrogen-bond donors (Lipinski definition) is 0. The fourth-order valence-electron chi connectivity index (χ4n) is 4.17. The first-order valence-corrected chi connectivity index (χ1v) is 10.6. The zero-order chi connectivity index (χ0) is 20.5. The summed E-state index contributed by atoms with van der Waals surface area (Å²) in [6, 6.07) is 7.96. The largest absolute Gasteiger partial charge is 0.481 e. The number of nitrogens with zero attached hydrogens (tertiary/aromatic N) is 4. The smallest absolute Gasteiger partial charge is 0.213 e. The van der Waals surface area contributed by atoms with E-state index in [9.17, 15) is 0 Å². The van der Waals surface area contributed by atoms with Gasteiger partial charge >= 0.3 is 0 Å². The van der Waals surface area contributed by atoms with Crippen LogP contribution in [0.5, 0.6) is 5.88 Å². The summed E-state index contributed by atoms with van der Waals surface area (Å²) in [4.78, 5) is 11.8. The fourth-order valence-corrected chi connectivity index (χ4v) is 4.37. The predicted molar refractivity (Wildman–Crippen MR) is 117 cm³/mol. The molecule has 0 fully saturated rings.